The number of rotatable bonds is 13. The number of ether oxygens (including phenoxy) is 3. The summed E-state index contributed by atoms with van der Waals surface area (Å²) in [6, 6.07) is 19.2. The molecule has 0 bridgehead atoms. The third-order valence-corrected chi connectivity index (χ3v) is 12.2. The number of hydrogen-bond acceptors (Lipinski definition) is 9. The first kappa shape index (κ1) is 32.8. The minimum atomic E-state index is -3.69. The topological polar surface area (TPSA) is 135 Å². The summed E-state index contributed by atoms with van der Waals surface area (Å²) in [6.45, 7) is 2.00. The highest BCUT2D eigenvalue weighted by molar-refractivity contribution is 7.89. The van der Waals surface area contributed by atoms with Crippen molar-refractivity contribution in [3.05, 3.63) is 66.7 Å². The van der Waals surface area contributed by atoms with Crippen LogP contribution in [0.4, 0.5) is 0 Å². The van der Waals surface area contributed by atoms with Gasteiger partial charge in [0.25, 0.3) is 0 Å². The van der Waals surface area contributed by atoms with Crippen LogP contribution in [0.2, 0.25) is 0 Å². The average molecular weight is 648 g/mol. The van der Waals surface area contributed by atoms with E-state index >= 15 is 0 Å². The minimum absolute atomic E-state index is 0.0175. The van der Waals surface area contributed by atoms with Crippen LogP contribution in [0.1, 0.15) is 19.3 Å². The average Bonchev–Trinajstić information content (AvgIpc) is 3.43. The van der Waals surface area contributed by atoms with Gasteiger partial charge in [0.1, 0.15) is 18.5 Å². The van der Waals surface area contributed by atoms with Crippen molar-refractivity contribution in [3.63, 3.8) is 0 Å². The fraction of sp³-hybridized carbons (Fsp3) is 0.484. The predicted molar refractivity (Wildman–Crippen MR) is 167 cm³/mol. The van der Waals surface area contributed by atoms with Gasteiger partial charge in [-0.15, -0.1) is 0 Å². The van der Waals surface area contributed by atoms with Crippen molar-refractivity contribution < 1.29 is 36.2 Å². The molecule has 5 rings (SSSR count). The Morgan fingerprint density at radius 1 is 1.02 bits per heavy atom. The molecule has 44 heavy (non-hydrogen) atoms. The number of aliphatic hydroxyl groups is 1. The molecular formula is C31H41N3O8S2. The quantitative estimate of drug-likeness (QED) is 0.287. The largest absolute Gasteiger partial charge is 0.491 e. The van der Waals surface area contributed by atoms with E-state index < -0.39 is 31.8 Å². The van der Waals surface area contributed by atoms with Crippen LogP contribution in [-0.2, 0) is 29.5 Å². The Kier molecular flexibility index (Phi) is 10.3. The molecule has 1 spiro atoms. The molecule has 0 saturated carbocycles. The lowest BCUT2D eigenvalue weighted by Crippen LogP contribution is -2.47. The summed E-state index contributed by atoms with van der Waals surface area (Å²) in [5.74, 6) is 0.346. The molecule has 0 aliphatic carbocycles. The lowest BCUT2D eigenvalue weighted by molar-refractivity contribution is -0.0312. The van der Waals surface area contributed by atoms with Crippen molar-refractivity contribution in [2.24, 2.45) is 0 Å². The first-order chi connectivity index (χ1) is 21.0. The number of likely N-dealkylation sites (N-methyl/N-ethyl adjacent to an activating group) is 1. The van der Waals surface area contributed by atoms with E-state index in [1.54, 1.807) is 28.6 Å². The Hall–Kier alpha value is -2.62. The van der Waals surface area contributed by atoms with Gasteiger partial charge in [-0.2, -0.15) is 8.61 Å². The zero-order valence-corrected chi connectivity index (χ0v) is 26.7. The summed E-state index contributed by atoms with van der Waals surface area (Å²) in [4.78, 5) is 0.406. The van der Waals surface area contributed by atoms with E-state index in [9.17, 15) is 21.9 Å². The Labute approximate surface area is 259 Å². The predicted octanol–water partition coefficient (Wildman–Crippen LogP) is 2.45. The molecule has 2 fully saturated rings. The van der Waals surface area contributed by atoms with Crippen LogP contribution in [0, 0.1) is 0 Å². The second-order valence-corrected chi connectivity index (χ2v) is 15.5. The van der Waals surface area contributed by atoms with Gasteiger partial charge in [-0.25, -0.2) is 16.8 Å². The SMILES string of the molecule is COCCN(C)S(=O)(=O)c1cccc(OC[C@@H](O)CNC2COC3(CCN(S(=O)(=O)c4ccc5ccccc5c4)CC3)C2)c1. The lowest BCUT2D eigenvalue weighted by Gasteiger charge is -2.38. The maximum atomic E-state index is 13.4. The van der Waals surface area contributed by atoms with Gasteiger partial charge in [-0.1, -0.05) is 36.4 Å². The molecule has 2 saturated heterocycles. The summed E-state index contributed by atoms with van der Waals surface area (Å²) in [6.07, 6.45) is 1.10. The Morgan fingerprint density at radius 3 is 2.52 bits per heavy atom. The second kappa shape index (κ2) is 13.8. The van der Waals surface area contributed by atoms with Crippen molar-refractivity contribution in [1.29, 1.82) is 0 Å². The highest BCUT2D eigenvalue weighted by atomic mass is 32.2. The fourth-order valence-corrected chi connectivity index (χ4v) is 8.40. The molecule has 0 aromatic heterocycles. The molecule has 2 heterocycles. The van der Waals surface area contributed by atoms with Gasteiger partial charge in [0, 0.05) is 52.4 Å². The van der Waals surface area contributed by atoms with Crippen molar-refractivity contribution >= 4 is 30.8 Å². The van der Waals surface area contributed by atoms with Gasteiger partial charge in [0.2, 0.25) is 20.0 Å². The first-order valence-electron chi connectivity index (χ1n) is 14.7. The summed E-state index contributed by atoms with van der Waals surface area (Å²) in [5.41, 5.74) is -0.392. The Balaban J connectivity index is 1.08. The van der Waals surface area contributed by atoms with E-state index in [1.165, 1.54) is 30.6 Å². The van der Waals surface area contributed by atoms with Crippen molar-refractivity contribution in [2.45, 2.75) is 46.8 Å². The smallest absolute Gasteiger partial charge is 0.243 e. The van der Waals surface area contributed by atoms with E-state index in [4.69, 9.17) is 14.2 Å². The summed E-state index contributed by atoms with van der Waals surface area (Å²) < 4.78 is 72.0. The zero-order valence-electron chi connectivity index (χ0n) is 25.1. The number of piperidine rings is 1. The maximum absolute atomic E-state index is 13.4. The number of fused-ring (bicyclic) bond motifs is 1. The highest BCUT2D eigenvalue weighted by Gasteiger charge is 2.44. The molecule has 11 nitrogen and oxygen atoms in total. The third-order valence-electron chi connectivity index (χ3n) is 8.41. The van der Waals surface area contributed by atoms with E-state index in [-0.39, 0.29) is 37.2 Å². The van der Waals surface area contributed by atoms with Crippen LogP contribution < -0.4 is 10.1 Å². The monoisotopic (exact) mass is 647 g/mol. The Morgan fingerprint density at radius 2 is 1.77 bits per heavy atom. The maximum Gasteiger partial charge on any atom is 0.243 e. The Bertz CT molecular complexity index is 1640. The van der Waals surface area contributed by atoms with Gasteiger partial charge < -0.3 is 24.6 Å². The molecule has 2 N–H and O–H groups in total. The minimum Gasteiger partial charge on any atom is -0.491 e. The van der Waals surface area contributed by atoms with E-state index in [1.807, 2.05) is 30.3 Å². The van der Waals surface area contributed by atoms with E-state index in [0.29, 0.717) is 43.2 Å². The number of nitrogens with zero attached hydrogens (tertiary/aromatic N) is 2. The van der Waals surface area contributed by atoms with Crippen molar-refractivity contribution in [3.8, 4) is 5.75 Å². The van der Waals surface area contributed by atoms with E-state index in [2.05, 4.69) is 5.32 Å². The molecular weight excluding hydrogens is 606 g/mol. The number of methoxy groups -OCH3 is 1. The molecule has 2 aliphatic rings. The molecule has 0 radical (unpaired) electrons. The van der Waals surface area contributed by atoms with Gasteiger partial charge in [0.05, 0.1) is 28.6 Å². The van der Waals surface area contributed by atoms with Gasteiger partial charge in [-0.3, -0.25) is 0 Å². The number of hydrogen-bond donors (Lipinski definition) is 2. The highest BCUT2D eigenvalue weighted by Crippen LogP contribution is 2.37. The second-order valence-electron chi connectivity index (χ2n) is 11.5. The molecule has 3 aromatic rings. The van der Waals surface area contributed by atoms with Crippen molar-refractivity contribution in [2.75, 3.05) is 60.2 Å². The normalized spacial score (nSPS) is 20.0. The number of aliphatic hydroxyl groups excluding tert-OH is 1. The van der Waals surface area contributed by atoms with Crippen LogP contribution in [0.25, 0.3) is 10.8 Å². The lowest BCUT2D eigenvalue weighted by atomic mass is 9.88. The van der Waals surface area contributed by atoms with Gasteiger partial charge >= 0.3 is 0 Å². The third kappa shape index (κ3) is 7.43. The summed E-state index contributed by atoms with van der Waals surface area (Å²) in [7, 11) is -4.30. The molecule has 3 aromatic carbocycles. The summed E-state index contributed by atoms with van der Waals surface area (Å²) in [5, 5.41) is 15.8. The molecule has 13 heteroatoms. The van der Waals surface area contributed by atoms with Crippen LogP contribution >= 0.6 is 0 Å². The number of nitrogens with one attached hydrogen (secondary N) is 1. The fourth-order valence-electron chi connectivity index (χ4n) is 5.73. The van der Waals surface area contributed by atoms with Gasteiger partial charge in [0.15, 0.2) is 0 Å². The zero-order chi connectivity index (χ0) is 31.4. The number of benzene rings is 3. The molecule has 240 valence electrons. The molecule has 0 amide bonds. The van der Waals surface area contributed by atoms with Gasteiger partial charge in [-0.05, 0) is 54.3 Å². The first-order valence-corrected chi connectivity index (χ1v) is 17.6. The molecule has 2 aliphatic heterocycles. The molecule has 2 atom stereocenters. The molecule has 1 unspecified atom stereocenters. The van der Waals surface area contributed by atoms with Crippen LogP contribution in [0.5, 0.6) is 5.75 Å². The van der Waals surface area contributed by atoms with Crippen LogP contribution in [0.3, 0.4) is 0 Å². The van der Waals surface area contributed by atoms with E-state index in [0.717, 1.165) is 17.2 Å². The standard InChI is InChI=1S/C31H41N3O8S2/c1-33(16-17-40-2)43(36,37)29-9-5-8-28(19-29)41-23-27(35)21-32-26-20-31(42-22-26)12-14-34(15-13-31)44(38,39)30-11-10-24-6-3-4-7-25(24)18-30/h3-11,18-19,26-27,32,35H,12-17,20-23H2,1-2H3/t26?,27-/m0/s1. The summed E-state index contributed by atoms with van der Waals surface area (Å²) >= 11 is 0. The van der Waals surface area contributed by atoms with Crippen LogP contribution in [0.15, 0.2) is 76.5 Å². The van der Waals surface area contributed by atoms with Crippen LogP contribution in [-0.4, -0.2) is 108 Å². The number of sulfonamides is 2. The van der Waals surface area contributed by atoms with Crippen molar-refractivity contribution in [1.82, 2.24) is 13.9 Å².